The van der Waals surface area contributed by atoms with E-state index in [0.717, 1.165) is 34.4 Å². The van der Waals surface area contributed by atoms with Gasteiger partial charge in [0.2, 0.25) is 0 Å². The van der Waals surface area contributed by atoms with Crippen molar-refractivity contribution in [1.82, 2.24) is 14.4 Å². The van der Waals surface area contributed by atoms with Crippen LogP contribution in [0.5, 0.6) is 0 Å². The zero-order chi connectivity index (χ0) is 14.7. The van der Waals surface area contributed by atoms with E-state index in [0.29, 0.717) is 0 Å². The molecule has 21 heavy (non-hydrogen) atoms. The fourth-order valence-electron chi connectivity index (χ4n) is 1.92. The van der Waals surface area contributed by atoms with Crippen molar-refractivity contribution in [2.45, 2.75) is 23.3 Å². The second-order valence-electron chi connectivity index (χ2n) is 4.57. The molecule has 108 valence electrons. The van der Waals surface area contributed by atoms with Crippen molar-refractivity contribution in [1.29, 1.82) is 0 Å². The van der Waals surface area contributed by atoms with Crippen LogP contribution in [0, 0.1) is 5.82 Å². The minimum atomic E-state index is -0.239. The second-order valence-corrected chi connectivity index (χ2v) is 5.63. The number of hydrogen-bond donors (Lipinski definition) is 1. The minimum Gasteiger partial charge on any atom is -0.369 e. The highest BCUT2D eigenvalue weighted by molar-refractivity contribution is 7.99. The smallest absolute Gasteiger partial charge is 0.170 e. The number of anilines is 1. The maximum Gasteiger partial charge on any atom is 0.170 e. The molecular formula is C15H15FN4S. The molecule has 0 spiro atoms. The molecular weight excluding hydrogens is 287 g/mol. The van der Waals surface area contributed by atoms with Gasteiger partial charge in [0.1, 0.15) is 16.7 Å². The number of hydrogen-bond acceptors (Lipinski definition) is 4. The molecule has 1 N–H and O–H groups in total. The van der Waals surface area contributed by atoms with Crippen LogP contribution in [0.4, 0.5) is 10.2 Å². The van der Waals surface area contributed by atoms with Crippen LogP contribution in [-0.2, 0) is 0 Å². The number of imidazole rings is 1. The highest BCUT2D eigenvalue weighted by Crippen LogP contribution is 2.30. The van der Waals surface area contributed by atoms with Crippen LogP contribution < -0.4 is 5.32 Å². The molecule has 0 unspecified atom stereocenters. The number of benzene rings is 1. The van der Waals surface area contributed by atoms with Crippen LogP contribution in [0.25, 0.3) is 5.65 Å². The van der Waals surface area contributed by atoms with E-state index < -0.39 is 0 Å². The van der Waals surface area contributed by atoms with E-state index in [2.05, 4.69) is 22.2 Å². The standard InChI is InChI=1S/C15H15FN4S/c1-2-7-17-13-10-20-9-8-18-14(20)15(19-13)21-12-5-3-11(16)4-6-12/h3-6,8-10,17H,2,7H2,1H3. The Morgan fingerprint density at radius 3 is 2.86 bits per heavy atom. The van der Waals surface area contributed by atoms with Gasteiger partial charge in [-0.3, -0.25) is 0 Å². The summed E-state index contributed by atoms with van der Waals surface area (Å²) in [6.45, 7) is 2.98. The summed E-state index contributed by atoms with van der Waals surface area (Å²) in [6.07, 6.45) is 6.59. The van der Waals surface area contributed by atoms with Crippen LogP contribution in [0.15, 0.2) is 52.8 Å². The highest BCUT2D eigenvalue weighted by Gasteiger charge is 2.09. The Morgan fingerprint density at radius 2 is 2.10 bits per heavy atom. The molecule has 4 nitrogen and oxygen atoms in total. The lowest BCUT2D eigenvalue weighted by Gasteiger charge is -2.08. The molecule has 2 heterocycles. The Bertz CT molecular complexity index is 739. The number of rotatable bonds is 5. The molecule has 0 aliphatic carbocycles. The molecule has 2 aromatic heterocycles. The zero-order valence-electron chi connectivity index (χ0n) is 11.6. The third-order valence-corrected chi connectivity index (χ3v) is 3.90. The van der Waals surface area contributed by atoms with Crippen molar-refractivity contribution in [3.05, 3.63) is 48.7 Å². The van der Waals surface area contributed by atoms with Gasteiger partial charge in [0.15, 0.2) is 5.65 Å². The third kappa shape index (κ3) is 3.16. The van der Waals surface area contributed by atoms with E-state index in [-0.39, 0.29) is 5.82 Å². The lowest BCUT2D eigenvalue weighted by Crippen LogP contribution is -2.04. The monoisotopic (exact) mass is 302 g/mol. The maximum atomic E-state index is 13.0. The first-order chi connectivity index (χ1) is 10.3. The van der Waals surface area contributed by atoms with Crippen molar-refractivity contribution in [3.63, 3.8) is 0 Å². The third-order valence-electron chi connectivity index (χ3n) is 2.93. The topological polar surface area (TPSA) is 42.2 Å². The Kier molecular flexibility index (Phi) is 4.06. The van der Waals surface area contributed by atoms with Crippen LogP contribution in [-0.4, -0.2) is 20.9 Å². The minimum absolute atomic E-state index is 0.239. The number of fused-ring (bicyclic) bond motifs is 1. The average molecular weight is 302 g/mol. The molecule has 3 aromatic rings. The highest BCUT2D eigenvalue weighted by atomic mass is 32.2. The van der Waals surface area contributed by atoms with Crippen LogP contribution >= 0.6 is 11.8 Å². The Labute approximate surface area is 126 Å². The maximum absolute atomic E-state index is 13.0. The second kappa shape index (κ2) is 6.13. The van der Waals surface area contributed by atoms with Gasteiger partial charge in [-0.05, 0) is 30.7 Å². The fourth-order valence-corrected chi connectivity index (χ4v) is 2.81. The predicted molar refractivity (Wildman–Crippen MR) is 82.3 cm³/mol. The number of nitrogens with one attached hydrogen (secondary N) is 1. The van der Waals surface area contributed by atoms with Crippen molar-refractivity contribution in [3.8, 4) is 0 Å². The summed E-state index contributed by atoms with van der Waals surface area (Å²) in [5.41, 5.74) is 0.798. The van der Waals surface area contributed by atoms with Gasteiger partial charge in [-0.25, -0.2) is 14.4 Å². The van der Waals surface area contributed by atoms with Crippen molar-refractivity contribution in [2.24, 2.45) is 0 Å². The number of nitrogens with zero attached hydrogens (tertiary/aromatic N) is 3. The summed E-state index contributed by atoms with van der Waals surface area (Å²) in [6, 6.07) is 6.38. The number of aromatic nitrogens is 3. The van der Waals surface area contributed by atoms with Crippen molar-refractivity contribution >= 4 is 23.2 Å². The molecule has 0 bridgehead atoms. The van der Waals surface area contributed by atoms with Gasteiger partial charge in [-0.1, -0.05) is 18.7 Å². The van der Waals surface area contributed by atoms with E-state index >= 15 is 0 Å². The molecule has 0 aliphatic heterocycles. The Balaban J connectivity index is 1.95. The summed E-state index contributed by atoms with van der Waals surface area (Å²) in [5, 5.41) is 4.08. The van der Waals surface area contributed by atoms with E-state index in [1.807, 2.05) is 16.8 Å². The molecule has 0 fully saturated rings. The fraction of sp³-hybridized carbons (Fsp3) is 0.200. The first kappa shape index (κ1) is 13.9. The van der Waals surface area contributed by atoms with Gasteiger partial charge in [0.05, 0.1) is 6.20 Å². The molecule has 0 saturated heterocycles. The van der Waals surface area contributed by atoms with E-state index in [1.54, 1.807) is 18.3 Å². The summed E-state index contributed by atoms with van der Waals surface area (Å²) < 4.78 is 14.9. The number of halogens is 1. The molecule has 1 aromatic carbocycles. The summed E-state index contributed by atoms with van der Waals surface area (Å²) in [4.78, 5) is 9.87. The predicted octanol–water partition coefficient (Wildman–Crippen LogP) is 3.84. The summed E-state index contributed by atoms with van der Waals surface area (Å²) in [7, 11) is 0. The van der Waals surface area contributed by atoms with Gasteiger partial charge >= 0.3 is 0 Å². The Hall–Kier alpha value is -2.08. The lowest BCUT2D eigenvalue weighted by molar-refractivity contribution is 0.626. The summed E-state index contributed by atoms with van der Waals surface area (Å²) in [5.74, 6) is 0.573. The van der Waals surface area contributed by atoms with Gasteiger partial charge in [-0.15, -0.1) is 0 Å². The molecule has 0 saturated carbocycles. The zero-order valence-corrected chi connectivity index (χ0v) is 12.4. The van der Waals surface area contributed by atoms with Gasteiger partial charge in [0.25, 0.3) is 0 Å². The SMILES string of the molecule is CCCNc1cn2ccnc2c(Sc2ccc(F)cc2)n1. The largest absolute Gasteiger partial charge is 0.369 e. The van der Waals surface area contributed by atoms with Gasteiger partial charge in [0, 0.05) is 23.8 Å². The van der Waals surface area contributed by atoms with E-state index in [4.69, 9.17) is 0 Å². The van der Waals surface area contributed by atoms with E-state index in [1.165, 1.54) is 23.9 Å². The molecule has 0 amide bonds. The van der Waals surface area contributed by atoms with E-state index in [9.17, 15) is 4.39 Å². The van der Waals surface area contributed by atoms with Gasteiger partial charge < -0.3 is 9.72 Å². The Morgan fingerprint density at radius 1 is 1.29 bits per heavy atom. The normalized spacial score (nSPS) is 11.0. The molecule has 0 atom stereocenters. The quantitative estimate of drug-likeness (QED) is 0.777. The lowest BCUT2D eigenvalue weighted by atomic mass is 10.4. The van der Waals surface area contributed by atoms with Crippen molar-refractivity contribution in [2.75, 3.05) is 11.9 Å². The average Bonchev–Trinajstić information content (AvgIpc) is 2.96. The molecule has 6 heteroatoms. The van der Waals surface area contributed by atoms with Crippen LogP contribution in [0.3, 0.4) is 0 Å². The first-order valence-electron chi connectivity index (χ1n) is 6.77. The van der Waals surface area contributed by atoms with Crippen LogP contribution in [0.1, 0.15) is 13.3 Å². The molecule has 0 radical (unpaired) electrons. The molecule has 3 rings (SSSR count). The summed E-state index contributed by atoms with van der Waals surface area (Å²) >= 11 is 1.48. The van der Waals surface area contributed by atoms with Gasteiger partial charge in [-0.2, -0.15) is 0 Å². The first-order valence-corrected chi connectivity index (χ1v) is 7.59. The van der Waals surface area contributed by atoms with Crippen molar-refractivity contribution < 1.29 is 4.39 Å². The molecule has 0 aliphatic rings. The van der Waals surface area contributed by atoms with Crippen LogP contribution in [0.2, 0.25) is 0 Å².